The predicted octanol–water partition coefficient (Wildman–Crippen LogP) is 2.35. The Balaban J connectivity index is 0.00000200. The van der Waals surface area contributed by atoms with Gasteiger partial charge in [-0.15, -0.1) is 12.4 Å². The average Bonchev–Trinajstić information content (AvgIpc) is 2.84. The molecule has 4 nitrogen and oxygen atoms in total. The first-order valence-corrected chi connectivity index (χ1v) is 8.36. The van der Waals surface area contributed by atoms with Gasteiger partial charge in [0.15, 0.2) is 0 Å². The minimum absolute atomic E-state index is 0. The average molecular weight is 388 g/mol. The van der Waals surface area contributed by atoms with E-state index in [0.29, 0.717) is 12.1 Å². The van der Waals surface area contributed by atoms with Crippen molar-refractivity contribution in [2.75, 3.05) is 13.1 Å². The first kappa shape index (κ1) is 17.8. The lowest BCUT2D eigenvalue weighted by atomic mass is 10.2. The third-order valence-electron chi connectivity index (χ3n) is 3.19. The van der Waals surface area contributed by atoms with Gasteiger partial charge in [-0.1, -0.05) is 0 Å². The molecule has 8 heteroatoms. The summed E-state index contributed by atoms with van der Waals surface area (Å²) in [5.41, 5.74) is 0.396. The van der Waals surface area contributed by atoms with Gasteiger partial charge in [0.25, 0.3) is 0 Å². The summed E-state index contributed by atoms with van der Waals surface area (Å²) in [7, 11) is -3.60. The SMILES string of the molecule is Cc1cc(F)c(Br)cc1S(=O)(=O)NCC1CCCN1.Cl. The van der Waals surface area contributed by atoms with Crippen molar-refractivity contribution in [1.82, 2.24) is 10.0 Å². The molecule has 0 radical (unpaired) electrons. The van der Waals surface area contributed by atoms with E-state index < -0.39 is 15.8 Å². The zero-order valence-electron chi connectivity index (χ0n) is 10.9. The Labute approximate surface area is 133 Å². The van der Waals surface area contributed by atoms with E-state index in [0.717, 1.165) is 19.4 Å². The highest BCUT2D eigenvalue weighted by Gasteiger charge is 2.21. The van der Waals surface area contributed by atoms with E-state index in [1.54, 1.807) is 6.92 Å². The zero-order valence-corrected chi connectivity index (χ0v) is 14.2. The summed E-state index contributed by atoms with van der Waals surface area (Å²) in [6, 6.07) is 2.70. The molecule has 1 heterocycles. The van der Waals surface area contributed by atoms with Crippen molar-refractivity contribution >= 4 is 38.4 Å². The Morgan fingerprint density at radius 1 is 1.50 bits per heavy atom. The van der Waals surface area contributed by atoms with Crippen molar-refractivity contribution in [3.63, 3.8) is 0 Å². The van der Waals surface area contributed by atoms with Crippen molar-refractivity contribution < 1.29 is 12.8 Å². The molecule has 0 aliphatic carbocycles. The summed E-state index contributed by atoms with van der Waals surface area (Å²) >= 11 is 3.01. The number of aryl methyl sites for hydroxylation is 1. The first-order valence-electron chi connectivity index (χ1n) is 6.09. The van der Waals surface area contributed by atoms with Gasteiger partial charge in [0.05, 0.1) is 9.37 Å². The molecule has 114 valence electrons. The fourth-order valence-electron chi connectivity index (χ4n) is 2.14. The van der Waals surface area contributed by atoms with Crippen LogP contribution >= 0.6 is 28.3 Å². The van der Waals surface area contributed by atoms with Gasteiger partial charge in [-0.25, -0.2) is 17.5 Å². The van der Waals surface area contributed by atoms with E-state index in [4.69, 9.17) is 0 Å². The van der Waals surface area contributed by atoms with Gasteiger partial charge in [-0.05, 0) is 59.9 Å². The van der Waals surface area contributed by atoms with E-state index in [9.17, 15) is 12.8 Å². The van der Waals surface area contributed by atoms with Gasteiger partial charge in [0.2, 0.25) is 10.0 Å². The molecule has 2 rings (SSSR count). The molecule has 1 unspecified atom stereocenters. The first-order chi connectivity index (χ1) is 8.90. The fraction of sp³-hybridized carbons (Fsp3) is 0.500. The number of sulfonamides is 1. The molecule has 1 aromatic rings. The minimum Gasteiger partial charge on any atom is -0.313 e. The third-order valence-corrected chi connectivity index (χ3v) is 5.36. The van der Waals surface area contributed by atoms with Crippen LogP contribution in [0.2, 0.25) is 0 Å². The lowest BCUT2D eigenvalue weighted by molar-refractivity contribution is 0.550. The summed E-state index contributed by atoms with van der Waals surface area (Å²) in [5.74, 6) is -0.464. The Morgan fingerprint density at radius 3 is 2.80 bits per heavy atom. The van der Waals surface area contributed by atoms with Gasteiger partial charge in [0, 0.05) is 12.6 Å². The molecular formula is C12H17BrClFN2O2S. The van der Waals surface area contributed by atoms with Crippen LogP contribution in [0, 0.1) is 12.7 Å². The van der Waals surface area contributed by atoms with Crippen molar-refractivity contribution in [3.05, 3.63) is 28.0 Å². The van der Waals surface area contributed by atoms with Crippen LogP contribution in [-0.4, -0.2) is 27.5 Å². The van der Waals surface area contributed by atoms with Crippen LogP contribution in [0.25, 0.3) is 0 Å². The molecule has 0 spiro atoms. The number of hydrogen-bond acceptors (Lipinski definition) is 3. The molecule has 1 atom stereocenters. The van der Waals surface area contributed by atoms with E-state index in [-0.39, 0.29) is 27.8 Å². The largest absolute Gasteiger partial charge is 0.313 e. The number of halogens is 3. The normalized spacial score (nSPS) is 18.9. The summed E-state index contributed by atoms with van der Waals surface area (Å²) in [6.45, 7) is 2.86. The second kappa shape index (κ2) is 7.17. The van der Waals surface area contributed by atoms with Gasteiger partial charge in [0.1, 0.15) is 5.82 Å². The fourth-order valence-corrected chi connectivity index (χ4v) is 3.96. The number of hydrogen-bond donors (Lipinski definition) is 2. The zero-order chi connectivity index (χ0) is 14.0. The maximum Gasteiger partial charge on any atom is 0.240 e. The van der Waals surface area contributed by atoms with Crippen LogP contribution in [-0.2, 0) is 10.0 Å². The molecule has 0 saturated carbocycles. The summed E-state index contributed by atoms with van der Waals surface area (Å²) < 4.78 is 40.4. The Morgan fingerprint density at radius 2 is 2.20 bits per heavy atom. The highest BCUT2D eigenvalue weighted by Crippen LogP contribution is 2.23. The van der Waals surface area contributed by atoms with Crippen LogP contribution in [0.1, 0.15) is 18.4 Å². The Hall–Kier alpha value is -0.210. The molecule has 0 aromatic heterocycles. The lowest BCUT2D eigenvalue weighted by Crippen LogP contribution is -2.37. The maximum atomic E-state index is 13.3. The molecule has 1 aliphatic heterocycles. The van der Waals surface area contributed by atoms with Gasteiger partial charge in [-0.2, -0.15) is 0 Å². The van der Waals surface area contributed by atoms with Crippen LogP contribution < -0.4 is 10.0 Å². The Bertz CT molecular complexity index is 577. The number of nitrogens with one attached hydrogen (secondary N) is 2. The minimum atomic E-state index is -3.60. The van der Waals surface area contributed by atoms with Crippen LogP contribution in [0.5, 0.6) is 0 Å². The highest BCUT2D eigenvalue weighted by molar-refractivity contribution is 9.10. The summed E-state index contributed by atoms with van der Waals surface area (Å²) in [5, 5.41) is 3.22. The van der Waals surface area contributed by atoms with E-state index in [1.807, 2.05) is 0 Å². The summed E-state index contributed by atoms with van der Waals surface area (Å²) in [4.78, 5) is 0.110. The smallest absolute Gasteiger partial charge is 0.240 e. The second-order valence-corrected chi connectivity index (χ2v) is 7.27. The van der Waals surface area contributed by atoms with Crippen molar-refractivity contribution in [2.24, 2.45) is 0 Å². The van der Waals surface area contributed by atoms with Crippen molar-refractivity contribution in [2.45, 2.75) is 30.7 Å². The number of rotatable bonds is 4. The quantitative estimate of drug-likeness (QED) is 0.834. The lowest BCUT2D eigenvalue weighted by Gasteiger charge is -2.13. The third kappa shape index (κ3) is 4.14. The van der Waals surface area contributed by atoms with E-state index in [2.05, 4.69) is 26.0 Å². The molecular weight excluding hydrogens is 371 g/mol. The molecule has 1 saturated heterocycles. The molecule has 0 amide bonds. The van der Waals surface area contributed by atoms with Crippen LogP contribution in [0.3, 0.4) is 0 Å². The van der Waals surface area contributed by atoms with Gasteiger partial charge in [-0.3, -0.25) is 0 Å². The predicted molar refractivity (Wildman–Crippen MR) is 82.3 cm³/mol. The highest BCUT2D eigenvalue weighted by atomic mass is 79.9. The standard InChI is InChI=1S/C12H16BrFN2O2S.ClH/c1-8-5-11(14)10(13)6-12(8)19(17,18)16-7-9-3-2-4-15-9;/h5-6,9,15-16H,2-4,7H2,1H3;1H. The van der Waals surface area contributed by atoms with Crippen LogP contribution in [0.4, 0.5) is 4.39 Å². The molecule has 0 bridgehead atoms. The second-order valence-electron chi connectivity index (χ2n) is 4.68. The molecule has 1 fully saturated rings. The monoisotopic (exact) mass is 386 g/mol. The van der Waals surface area contributed by atoms with Gasteiger partial charge >= 0.3 is 0 Å². The topological polar surface area (TPSA) is 58.2 Å². The van der Waals surface area contributed by atoms with Crippen LogP contribution in [0.15, 0.2) is 21.5 Å². The van der Waals surface area contributed by atoms with Gasteiger partial charge < -0.3 is 5.32 Å². The van der Waals surface area contributed by atoms with Crippen molar-refractivity contribution in [1.29, 1.82) is 0 Å². The Kier molecular flexibility index (Phi) is 6.40. The molecule has 1 aliphatic rings. The molecule has 1 aromatic carbocycles. The maximum absolute atomic E-state index is 13.3. The number of benzene rings is 1. The van der Waals surface area contributed by atoms with Crippen molar-refractivity contribution in [3.8, 4) is 0 Å². The summed E-state index contributed by atoms with van der Waals surface area (Å²) in [6.07, 6.45) is 2.03. The van der Waals surface area contributed by atoms with E-state index in [1.165, 1.54) is 12.1 Å². The van der Waals surface area contributed by atoms with E-state index >= 15 is 0 Å². The molecule has 2 N–H and O–H groups in total. The molecule has 20 heavy (non-hydrogen) atoms.